The molecule has 110 valence electrons. The molecule has 1 unspecified atom stereocenters. The molecule has 2 aromatic rings. The standard InChI is InChI=1S/C16H19N3O2/c1-11-10-19(8-7-18(11)2)15-12-5-3-4-6-14(12)17-9-13(15)16(20)21/h3-6,9,11H,7-8,10H2,1-2H3,(H,20,21). The number of rotatable bonds is 2. The minimum atomic E-state index is -0.921. The highest BCUT2D eigenvalue weighted by molar-refractivity contribution is 6.04. The molecule has 21 heavy (non-hydrogen) atoms. The van der Waals surface area contributed by atoms with Crippen LogP contribution in [0, 0.1) is 0 Å². The van der Waals surface area contributed by atoms with Gasteiger partial charge in [0, 0.05) is 37.3 Å². The number of hydrogen-bond acceptors (Lipinski definition) is 4. The highest BCUT2D eigenvalue weighted by atomic mass is 16.4. The number of carboxylic acid groups (broad SMARTS) is 1. The van der Waals surface area contributed by atoms with E-state index in [0.29, 0.717) is 6.04 Å². The van der Waals surface area contributed by atoms with Crippen molar-refractivity contribution in [1.82, 2.24) is 9.88 Å². The lowest BCUT2D eigenvalue weighted by Gasteiger charge is -2.39. The van der Waals surface area contributed by atoms with Gasteiger partial charge in [0.05, 0.1) is 11.2 Å². The summed E-state index contributed by atoms with van der Waals surface area (Å²) in [7, 11) is 2.10. The van der Waals surface area contributed by atoms with Crippen LogP contribution >= 0.6 is 0 Å². The summed E-state index contributed by atoms with van der Waals surface area (Å²) in [5.41, 5.74) is 1.92. The Morgan fingerprint density at radius 3 is 2.81 bits per heavy atom. The molecule has 2 heterocycles. The van der Waals surface area contributed by atoms with E-state index in [4.69, 9.17) is 0 Å². The van der Waals surface area contributed by atoms with Gasteiger partial charge in [0.15, 0.2) is 0 Å². The Kier molecular flexibility index (Phi) is 3.51. The van der Waals surface area contributed by atoms with E-state index in [9.17, 15) is 9.90 Å². The van der Waals surface area contributed by atoms with Gasteiger partial charge in [-0.15, -0.1) is 0 Å². The number of aromatic carboxylic acids is 1. The Bertz CT molecular complexity index is 686. The third-order valence-corrected chi connectivity index (χ3v) is 4.25. The van der Waals surface area contributed by atoms with Gasteiger partial charge in [-0.3, -0.25) is 4.98 Å². The number of fused-ring (bicyclic) bond motifs is 1. The molecular weight excluding hydrogens is 266 g/mol. The van der Waals surface area contributed by atoms with E-state index < -0.39 is 5.97 Å². The van der Waals surface area contributed by atoms with Gasteiger partial charge in [0.1, 0.15) is 5.56 Å². The van der Waals surface area contributed by atoms with E-state index in [-0.39, 0.29) is 5.56 Å². The molecule has 1 fully saturated rings. The highest BCUT2D eigenvalue weighted by Crippen LogP contribution is 2.31. The molecule has 0 amide bonds. The molecule has 0 radical (unpaired) electrons. The maximum absolute atomic E-state index is 11.6. The second kappa shape index (κ2) is 5.33. The monoisotopic (exact) mass is 285 g/mol. The zero-order valence-corrected chi connectivity index (χ0v) is 12.3. The van der Waals surface area contributed by atoms with Crippen LogP contribution in [0.4, 0.5) is 5.69 Å². The molecule has 1 aromatic heterocycles. The molecule has 3 rings (SSSR count). The van der Waals surface area contributed by atoms with Crippen LogP contribution in [0.5, 0.6) is 0 Å². The van der Waals surface area contributed by atoms with Crippen LogP contribution in [0.25, 0.3) is 10.9 Å². The van der Waals surface area contributed by atoms with E-state index in [1.807, 2.05) is 24.3 Å². The van der Waals surface area contributed by atoms with Crippen molar-refractivity contribution in [3.8, 4) is 0 Å². The van der Waals surface area contributed by atoms with Crippen molar-refractivity contribution < 1.29 is 9.90 Å². The topological polar surface area (TPSA) is 56.7 Å². The summed E-state index contributed by atoms with van der Waals surface area (Å²) < 4.78 is 0. The number of benzene rings is 1. The van der Waals surface area contributed by atoms with Crippen LogP contribution in [0.2, 0.25) is 0 Å². The van der Waals surface area contributed by atoms with Gasteiger partial charge < -0.3 is 14.9 Å². The molecule has 1 aliphatic heterocycles. The van der Waals surface area contributed by atoms with Crippen molar-refractivity contribution in [3.63, 3.8) is 0 Å². The summed E-state index contributed by atoms with van der Waals surface area (Å²) in [6, 6.07) is 8.12. The Morgan fingerprint density at radius 1 is 1.33 bits per heavy atom. The fourth-order valence-corrected chi connectivity index (χ4v) is 2.88. The first-order valence-electron chi connectivity index (χ1n) is 7.14. The molecule has 1 aromatic carbocycles. The van der Waals surface area contributed by atoms with Crippen molar-refractivity contribution in [2.75, 3.05) is 31.6 Å². The lowest BCUT2D eigenvalue weighted by molar-refractivity contribution is 0.0697. The maximum Gasteiger partial charge on any atom is 0.339 e. The van der Waals surface area contributed by atoms with Crippen molar-refractivity contribution in [2.24, 2.45) is 0 Å². The number of nitrogens with zero attached hydrogens (tertiary/aromatic N) is 3. The van der Waals surface area contributed by atoms with E-state index in [2.05, 4.69) is 28.8 Å². The number of pyridine rings is 1. The van der Waals surface area contributed by atoms with Crippen molar-refractivity contribution in [1.29, 1.82) is 0 Å². The summed E-state index contributed by atoms with van der Waals surface area (Å²) >= 11 is 0. The second-order valence-electron chi connectivity index (χ2n) is 5.62. The smallest absolute Gasteiger partial charge is 0.339 e. The highest BCUT2D eigenvalue weighted by Gasteiger charge is 2.26. The van der Waals surface area contributed by atoms with Crippen LogP contribution in [0.15, 0.2) is 30.5 Å². The van der Waals surface area contributed by atoms with Gasteiger partial charge in [-0.05, 0) is 20.0 Å². The molecule has 0 bridgehead atoms. The molecule has 1 atom stereocenters. The molecule has 1 aliphatic rings. The average Bonchev–Trinajstić information content (AvgIpc) is 2.49. The summed E-state index contributed by atoms with van der Waals surface area (Å²) in [5, 5.41) is 10.4. The van der Waals surface area contributed by atoms with Crippen LogP contribution in [0.3, 0.4) is 0 Å². The fourth-order valence-electron chi connectivity index (χ4n) is 2.88. The first-order chi connectivity index (χ1) is 10.1. The van der Waals surface area contributed by atoms with Gasteiger partial charge in [-0.25, -0.2) is 4.79 Å². The normalized spacial score (nSPS) is 19.9. The lowest BCUT2D eigenvalue weighted by Crippen LogP contribution is -2.50. The zero-order valence-electron chi connectivity index (χ0n) is 12.3. The number of piperazine rings is 1. The van der Waals surface area contributed by atoms with Crippen molar-refractivity contribution in [3.05, 3.63) is 36.0 Å². The average molecular weight is 285 g/mol. The number of carbonyl (C=O) groups is 1. The molecule has 0 spiro atoms. The first-order valence-corrected chi connectivity index (χ1v) is 7.14. The molecule has 5 nitrogen and oxygen atoms in total. The zero-order chi connectivity index (χ0) is 15.0. The van der Waals surface area contributed by atoms with Gasteiger partial charge >= 0.3 is 5.97 Å². The van der Waals surface area contributed by atoms with E-state index in [1.54, 1.807) is 0 Å². The quantitative estimate of drug-likeness (QED) is 0.915. The number of anilines is 1. The van der Waals surface area contributed by atoms with E-state index in [0.717, 1.165) is 36.2 Å². The summed E-state index contributed by atoms with van der Waals surface area (Å²) in [4.78, 5) is 20.3. The summed E-state index contributed by atoms with van der Waals surface area (Å²) in [5.74, 6) is -0.921. The van der Waals surface area contributed by atoms with E-state index >= 15 is 0 Å². The third kappa shape index (κ3) is 2.45. The summed E-state index contributed by atoms with van der Waals surface area (Å²) in [6.07, 6.45) is 1.48. The van der Waals surface area contributed by atoms with Crippen molar-refractivity contribution in [2.45, 2.75) is 13.0 Å². The number of carboxylic acids is 1. The number of likely N-dealkylation sites (N-methyl/N-ethyl adjacent to an activating group) is 1. The largest absolute Gasteiger partial charge is 0.478 e. The number of para-hydroxylation sites is 1. The molecular formula is C16H19N3O2. The Hall–Kier alpha value is -2.14. The maximum atomic E-state index is 11.6. The van der Waals surface area contributed by atoms with Gasteiger partial charge in [-0.1, -0.05) is 18.2 Å². The predicted molar refractivity (Wildman–Crippen MR) is 83.0 cm³/mol. The molecule has 0 aliphatic carbocycles. The fraction of sp³-hybridized carbons (Fsp3) is 0.375. The molecule has 5 heteroatoms. The van der Waals surface area contributed by atoms with Crippen LogP contribution < -0.4 is 4.90 Å². The number of aromatic nitrogens is 1. The molecule has 1 saturated heterocycles. The Morgan fingerprint density at radius 2 is 2.10 bits per heavy atom. The Balaban J connectivity index is 2.14. The minimum Gasteiger partial charge on any atom is -0.478 e. The van der Waals surface area contributed by atoms with Crippen LogP contribution in [-0.2, 0) is 0 Å². The van der Waals surface area contributed by atoms with E-state index in [1.165, 1.54) is 6.20 Å². The van der Waals surface area contributed by atoms with Crippen LogP contribution in [0.1, 0.15) is 17.3 Å². The third-order valence-electron chi connectivity index (χ3n) is 4.25. The Labute approximate surface area is 123 Å². The summed E-state index contributed by atoms with van der Waals surface area (Å²) in [6.45, 7) is 4.74. The minimum absolute atomic E-state index is 0.283. The second-order valence-corrected chi connectivity index (χ2v) is 5.62. The lowest BCUT2D eigenvalue weighted by atomic mass is 10.1. The van der Waals surface area contributed by atoms with Gasteiger partial charge in [0.2, 0.25) is 0 Å². The molecule has 1 N–H and O–H groups in total. The van der Waals surface area contributed by atoms with Gasteiger partial charge in [0.25, 0.3) is 0 Å². The predicted octanol–water partition coefficient (Wildman–Crippen LogP) is 2.07. The van der Waals surface area contributed by atoms with Gasteiger partial charge in [-0.2, -0.15) is 0 Å². The molecule has 0 saturated carbocycles. The van der Waals surface area contributed by atoms with Crippen molar-refractivity contribution >= 4 is 22.6 Å². The first kappa shape index (κ1) is 13.8. The van der Waals surface area contributed by atoms with Crippen LogP contribution in [-0.4, -0.2) is 53.7 Å². The SMILES string of the molecule is CC1CN(c2c(C(=O)O)cnc3ccccc23)CCN1C. The number of hydrogen-bond donors (Lipinski definition) is 1.